The van der Waals surface area contributed by atoms with E-state index in [2.05, 4.69) is 52.8 Å². The highest BCUT2D eigenvalue weighted by Gasteiger charge is 2.60. The fourth-order valence-electron chi connectivity index (χ4n) is 7.90. The second kappa shape index (κ2) is 14.0. The van der Waals surface area contributed by atoms with E-state index in [0.717, 1.165) is 17.6 Å². The first-order valence-electron chi connectivity index (χ1n) is 16.9. The lowest BCUT2D eigenvalue weighted by molar-refractivity contribution is -0.300. The summed E-state index contributed by atoms with van der Waals surface area (Å²) < 4.78 is 38.1. The highest BCUT2D eigenvalue weighted by molar-refractivity contribution is 5.78. The number of allylic oxidation sites excluding steroid dienone is 2. The standard InChI is InChI=1S/C37H54O8/c1-9-22(3)32-25(6)16-17-36(45-32)20-29-19-28(44-36)15-14-24(5)31(41-10-2)23(4)12-11-13-27-21-42-34-33(40-8)26(7)18-30(35(38)43-29)37(27,34)39/h11-14,16-18,22-23,25,28-34,39H,9-10,15,19-21H2,1-8H3/b12-11+,24-14+,27-13+/t22?,23-,25-,28?,29-,30-,31-,32+,33?,34+,36+,37+/m0/s1. The number of fused-ring (bicyclic) bond motifs is 2. The van der Waals surface area contributed by atoms with Crippen LogP contribution in [-0.2, 0) is 33.2 Å². The van der Waals surface area contributed by atoms with Gasteiger partial charge in [-0.25, -0.2) is 0 Å². The summed E-state index contributed by atoms with van der Waals surface area (Å²) >= 11 is 0. The van der Waals surface area contributed by atoms with Crippen molar-refractivity contribution >= 4 is 5.97 Å². The first kappa shape index (κ1) is 34.3. The maximum atomic E-state index is 14.2. The van der Waals surface area contributed by atoms with E-state index >= 15 is 0 Å². The van der Waals surface area contributed by atoms with Gasteiger partial charge in [0.15, 0.2) is 5.79 Å². The van der Waals surface area contributed by atoms with E-state index in [1.807, 2.05) is 32.1 Å². The molecule has 1 aliphatic carbocycles. The van der Waals surface area contributed by atoms with Gasteiger partial charge in [0, 0.05) is 38.4 Å². The van der Waals surface area contributed by atoms with Crippen LogP contribution in [0.3, 0.4) is 0 Å². The van der Waals surface area contributed by atoms with Gasteiger partial charge in [0.25, 0.3) is 0 Å². The van der Waals surface area contributed by atoms with E-state index in [4.69, 9.17) is 28.4 Å². The van der Waals surface area contributed by atoms with E-state index in [-0.39, 0.29) is 36.8 Å². The van der Waals surface area contributed by atoms with Gasteiger partial charge in [0.2, 0.25) is 0 Å². The Morgan fingerprint density at radius 2 is 1.84 bits per heavy atom. The minimum Gasteiger partial charge on any atom is -0.462 e. The third-order valence-corrected chi connectivity index (χ3v) is 10.6. The molecule has 0 radical (unpaired) electrons. The van der Waals surface area contributed by atoms with Crippen molar-refractivity contribution in [2.75, 3.05) is 20.3 Å². The molecule has 12 atom stereocenters. The largest absolute Gasteiger partial charge is 0.462 e. The van der Waals surface area contributed by atoms with Crippen molar-refractivity contribution in [1.29, 1.82) is 0 Å². The van der Waals surface area contributed by atoms with Crippen LogP contribution in [0.5, 0.6) is 0 Å². The molecule has 0 saturated carbocycles. The first-order valence-corrected chi connectivity index (χ1v) is 16.9. The number of hydrogen-bond donors (Lipinski definition) is 1. The van der Waals surface area contributed by atoms with Crippen LogP contribution in [0.25, 0.3) is 0 Å². The fraction of sp³-hybridized carbons (Fsp3) is 0.703. The van der Waals surface area contributed by atoms with Gasteiger partial charge in [-0.1, -0.05) is 70.6 Å². The minimum absolute atomic E-state index is 0.0140. The van der Waals surface area contributed by atoms with Gasteiger partial charge in [-0.2, -0.15) is 0 Å². The van der Waals surface area contributed by atoms with Crippen molar-refractivity contribution in [1.82, 2.24) is 0 Å². The predicted molar refractivity (Wildman–Crippen MR) is 172 cm³/mol. The van der Waals surface area contributed by atoms with Crippen LogP contribution in [0.2, 0.25) is 0 Å². The number of carbonyl (C=O) groups is 1. The Kier molecular flexibility index (Phi) is 10.6. The average molecular weight is 627 g/mol. The molecule has 1 N–H and O–H groups in total. The Hall–Kier alpha value is -2.07. The van der Waals surface area contributed by atoms with Crippen LogP contribution in [-0.4, -0.2) is 79.4 Å². The average Bonchev–Trinajstić information content (AvgIpc) is 3.34. The molecule has 3 unspecified atom stereocenters. The van der Waals surface area contributed by atoms with E-state index in [0.29, 0.717) is 37.4 Å². The van der Waals surface area contributed by atoms with Gasteiger partial charge >= 0.3 is 5.97 Å². The summed E-state index contributed by atoms with van der Waals surface area (Å²) in [5.41, 5.74) is 0.966. The van der Waals surface area contributed by atoms with Crippen LogP contribution in [0.15, 0.2) is 59.3 Å². The summed E-state index contributed by atoms with van der Waals surface area (Å²) in [6.07, 6.45) is 14.6. The Labute approximate surface area is 269 Å². The summed E-state index contributed by atoms with van der Waals surface area (Å²) in [6, 6.07) is 0. The number of ether oxygens (including phenoxy) is 6. The molecule has 250 valence electrons. The van der Waals surface area contributed by atoms with Crippen molar-refractivity contribution in [3.8, 4) is 0 Å². The normalized spacial score (nSPS) is 45.8. The summed E-state index contributed by atoms with van der Waals surface area (Å²) in [6.45, 7) is 15.5. The predicted octanol–water partition coefficient (Wildman–Crippen LogP) is 6.01. The zero-order valence-electron chi connectivity index (χ0n) is 28.4. The van der Waals surface area contributed by atoms with Crippen LogP contribution >= 0.6 is 0 Å². The third kappa shape index (κ3) is 6.69. The van der Waals surface area contributed by atoms with Crippen LogP contribution < -0.4 is 0 Å². The van der Waals surface area contributed by atoms with Crippen molar-refractivity contribution in [3.05, 3.63) is 59.3 Å². The molecule has 0 aromatic carbocycles. The zero-order chi connectivity index (χ0) is 32.5. The maximum absolute atomic E-state index is 14.2. The summed E-state index contributed by atoms with van der Waals surface area (Å²) in [4.78, 5) is 14.2. The molecule has 8 heteroatoms. The molecule has 5 rings (SSSR count). The summed E-state index contributed by atoms with van der Waals surface area (Å²) in [5, 5.41) is 12.4. The van der Waals surface area contributed by atoms with E-state index in [1.165, 1.54) is 0 Å². The van der Waals surface area contributed by atoms with Crippen molar-refractivity contribution in [3.63, 3.8) is 0 Å². The van der Waals surface area contributed by atoms with Gasteiger partial charge in [-0.3, -0.25) is 4.79 Å². The molecule has 2 bridgehead atoms. The molecule has 8 nitrogen and oxygen atoms in total. The number of aliphatic hydroxyl groups is 1. The van der Waals surface area contributed by atoms with E-state index in [1.54, 1.807) is 13.2 Å². The summed E-state index contributed by atoms with van der Waals surface area (Å²) in [7, 11) is 1.60. The number of esters is 1. The number of carbonyl (C=O) groups excluding carboxylic acids is 1. The maximum Gasteiger partial charge on any atom is 0.316 e. The Balaban J connectivity index is 1.57. The second-order valence-electron chi connectivity index (χ2n) is 13.8. The molecule has 4 aliphatic heterocycles. The lowest BCUT2D eigenvalue weighted by Gasteiger charge is -2.48. The molecule has 0 aromatic heterocycles. The van der Waals surface area contributed by atoms with Gasteiger partial charge in [-0.15, -0.1) is 0 Å². The fourth-order valence-corrected chi connectivity index (χ4v) is 7.90. The number of rotatable bonds is 5. The molecule has 5 aliphatic rings. The lowest BCUT2D eigenvalue weighted by atomic mass is 9.70. The van der Waals surface area contributed by atoms with Gasteiger partial charge in [0.1, 0.15) is 29.8 Å². The SMILES string of the molecule is CCO[C@@H]1/C(C)=C/CC2C[C@@H](C[C@]3(C=C[C@H](C)[C@@H](C(C)CC)O3)O2)OC(=O)[C@@H]2C=C(C)C(OC)[C@H]3OC/C(=C\C=C\[C@@H]1C)[C@]32O. The quantitative estimate of drug-likeness (QED) is 0.293. The summed E-state index contributed by atoms with van der Waals surface area (Å²) in [5.74, 6) is -1.79. The molecule has 0 amide bonds. The monoisotopic (exact) mass is 626 g/mol. The van der Waals surface area contributed by atoms with Crippen LogP contribution in [0.4, 0.5) is 0 Å². The molecule has 1 spiro atoms. The van der Waals surface area contributed by atoms with E-state index < -0.39 is 41.6 Å². The Morgan fingerprint density at radius 1 is 1.07 bits per heavy atom. The molecule has 4 heterocycles. The molecule has 45 heavy (non-hydrogen) atoms. The first-order chi connectivity index (χ1) is 21.5. The minimum atomic E-state index is -1.61. The van der Waals surface area contributed by atoms with Crippen LogP contribution in [0, 0.1) is 23.7 Å². The van der Waals surface area contributed by atoms with Crippen molar-refractivity contribution in [2.24, 2.45) is 23.7 Å². The second-order valence-corrected chi connectivity index (χ2v) is 13.8. The lowest BCUT2D eigenvalue weighted by Crippen LogP contribution is -2.58. The number of hydrogen-bond acceptors (Lipinski definition) is 8. The highest BCUT2D eigenvalue weighted by Crippen LogP contribution is 2.47. The third-order valence-electron chi connectivity index (χ3n) is 10.6. The highest BCUT2D eigenvalue weighted by atomic mass is 16.7. The Bertz CT molecular complexity index is 1230. The van der Waals surface area contributed by atoms with Gasteiger partial charge in [0.05, 0.1) is 24.9 Å². The topological polar surface area (TPSA) is 92.7 Å². The Morgan fingerprint density at radius 3 is 2.56 bits per heavy atom. The molecule has 2 fully saturated rings. The molecular weight excluding hydrogens is 572 g/mol. The van der Waals surface area contributed by atoms with Gasteiger partial charge < -0.3 is 33.5 Å². The molecule has 0 aromatic rings. The van der Waals surface area contributed by atoms with E-state index in [9.17, 15) is 9.90 Å². The van der Waals surface area contributed by atoms with Crippen LogP contribution in [0.1, 0.15) is 74.1 Å². The molecule has 2 saturated heterocycles. The number of methoxy groups -OCH3 is 1. The smallest absolute Gasteiger partial charge is 0.316 e. The van der Waals surface area contributed by atoms with Crippen molar-refractivity contribution in [2.45, 2.75) is 122 Å². The molecular formula is C37H54O8. The van der Waals surface area contributed by atoms with Gasteiger partial charge in [-0.05, 0) is 55.9 Å². The van der Waals surface area contributed by atoms with Crippen molar-refractivity contribution < 1.29 is 38.3 Å². The zero-order valence-corrected chi connectivity index (χ0v) is 28.4.